The minimum absolute atomic E-state index is 0.0423. The van der Waals surface area contributed by atoms with Gasteiger partial charge in [0.05, 0.1) is 17.9 Å². The van der Waals surface area contributed by atoms with E-state index in [1.54, 1.807) is 17.0 Å². The Labute approximate surface area is 147 Å². The fourth-order valence-corrected chi connectivity index (χ4v) is 3.72. The zero-order chi connectivity index (χ0) is 17.2. The molecule has 134 valence electrons. The maximum atomic E-state index is 12.2. The normalized spacial score (nSPS) is 18.6. The van der Waals surface area contributed by atoms with Crippen molar-refractivity contribution in [2.75, 3.05) is 32.7 Å². The van der Waals surface area contributed by atoms with Crippen molar-refractivity contribution in [3.05, 3.63) is 45.5 Å². The Kier molecular flexibility index (Phi) is 4.67. The van der Waals surface area contributed by atoms with Gasteiger partial charge < -0.3 is 4.42 Å². The van der Waals surface area contributed by atoms with E-state index in [0.717, 1.165) is 81.4 Å². The second-order valence-corrected chi connectivity index (χ2v) is 7.01. The van der Waals surface area contributed by atoms with E-state index in [0.29, 0.717) is 6.54 Å². The van der Waals surface area contributed by atoms with Crippen LogP contribution in [0.2, 0.25) is 0 Å². The van der Waals surface area contributed by atoms with Gasteiger partial charge in [-0.25, -0.2) is 9.67 Å². The lowest BCUT2D eigenvalue weighted by atomic mass is 10.2. The minimum Gasteiger partial charge on any atom is -0.449 e. The molecular formula is C18H25N5O2. The van der Waals surface area contributed by atoms with Gasteiger partial charge in [0.25, 0.3) is 5.56 Å². The number of fused-ring (bicyclic) bond motifs is 1. The molecule has 0 atom stereocenters. The van der Waals surface area contributed by atoms with Crippen LogP contribution >= 0.6 is 0 Å². The molecule has 0 N–H and O–H groups in total. The number of nitrogens with zero attached hydrogens (tertiary/aromatic N) is 5. The summed E-state index contributed by atoms with van der Waals surface area (Å²) in [5, 5.41) is 4.56. The molecule has 0 spiro atoms. The lowest BCUT2D eigenvalue weighted by molar-refractivity contribution is 0.121. The zero-order valence-electron chi connectivity index (χ0n) is 14.8. The molecule has 0 radical (unpaired) electrons. The first-order valence-corrected chi connectivity index (χ1v) is 9.13. The maximum Gasteiger partial charge on any atom is 0.267 e. The van der Waals surface area contributed by atoms with Crippen LogP contribution in [-0.4, -0.2) is 57.3 Å². The summed E-state index contributed by atoms with van der Waals surface area (Å²) in [6.07, 6.45) is 4.88. The van der Waals surface area contributed by atoms with Crippen molar-refractivity contribution in [2.45, 2.75) is 39.3 Å². The van der Waals surface area contributed by atoms with Gasteiger partial charge in [-0.15, -0.1) is 0 Å². The number of piperazine rings is 1. The van der Waals surface area contributed by atoms with Crippen molar-refractivity contribution < 1.29 is 4.42 Å². The summed E-state index contributed by atoms with van der Waals surface area (Å²) in [5.41, 5.74) is 3.31. The Morgan fingerprint density at radius 1 is 1.12 bits per heavy atom. The Balaban J connectivity index is 1.27. The molecule has 2 aromatic rings. The number of hydrogen-bond donors (Lipinski definition) is 0. The van der Waals surface area contributed by atoms with E-state index >= 15 is 0 Å². The summed E-state index contributed by atoms with van der Waals surface area (Å²) in [7, 11) is 0. The van der Waals surface area contributed by atoms with Crippen molar-refractivity contribution in [3.8, 4) is 0 Å². The van der Waals surface area contributed by atoms with Gasteiger partial charge in [0.15, 0.2) is 5.89 Å². The largest absolute Gasteiger partial charge is 0.449 e. The van der Waals surface area contributed by atoms with Crippen molar-refractivity contribution in [3.63, 3.8) is 0 Å². The van der Waals surface area contributed by atoms with Gasteiger partial charge in [-0.2, -0.15) is 5.10 Å². The predicted octanol–water partition coefficient (Wildman–Crippen LogP) is 0.846. The van der Waals surface area contributed by atoms with Gasteiger partial charge in [0, 0.05) is 52.3 Å². The van der Waals surface area contributed by atoms with Gasteiger partial charge >= 0.3 is 0 Å². The van der Waals surface area contributed by atoms with E-state index in [4.69, 9.17) is 4.42 Å². The van der Waals surface area contributed by atoms with E-state index in [9.17, 15) is 4.79 Å². The molecule has 4 rings (SSSR count). The van der Waals surface area contributed by atoms with Crippen LogP contribution in [0.1, 0.15) is 29.3 Å². The third-order valence-corrected chi connectivity index (χ3v) is 5.17. The SMILES string of the molecule is Cc1nc(CN2CCN(CCn3nc4c(cc3=O)CCC4)CC2)co1. The quantitative estimate of drug-likeness (QED) is 0.802. The van der Waals surface area contributed by atoms with Crippen LogP contribution in [0.15, 0.2) is 21.5 Å². The number of oxazole rings is 1. The Morgan fingerprint density at radius 2 is 1.92 bits per heavy atom. The molecule has 1 aliphatic heterocycles. The summed E-state index contributed by atoms with van der Waals surface area (Å²) in [6.45, 7) is 8.31. The van der Waals surface area contributed by atoms with E-state index in [1.165, 1.54) is 0 Å². The van der Waals surface area contributed by atoms with Crippen molar-refractivity contribution in [1.82, 2.24) is 24.6 Å². The number of rotatable bonds is 5. The number of hydrogen-bond acceptors (Lipinski definition) is 6. The number of aromatic nitrogens is 3. The lowest BCUT2D eigenvalue weighted by Gasteiger charge is -2.34. The van der Waals surface area contributed by atoms with Gasteiger partial charge in [-0.1, -0.05) is 0 Å². The van der Waals surface area contributed by atoms with Crippen molar-refractivity contribution in [2.24, 2.45) is 0 Å². The average molecular weight is 343 g/mol. The Bertz CT molecular complexity index is 789. The van der Waals surface area contributed by atoms with Crippen LogP contribution < -0.4 is 5.56 Å². The maximum absolute atomic E-state index is 12.2. The molecule has 0 amide bonds. The van der Waals surface area contributed by atoms with Crippen LogP contribution in [0.5, 0.6) is 0 Å². The predicted molar refractivity (Wildman–Crippen MR) is 93.5 cm³/mol. The smallest absolute Gasteiger partial charge is 0.267 e. The molecule has 2 aliphatic rings. The van der Waals surface area contributed by atoms with E-state index in [-0.39, 0.29) is 5.56 Å². The highest BCUT2D eigenvalue weighted by atomic mass is 16.3. The first kappa shape index (κ1) is 16.5. The first-order valence-electron chi connectivity index (χ1n) is 9.13. The molecule has 1 aliphatic carbocycles. The van der Waals surface area contributed by atoms with Crippen LogP contribution in [0.4, 0.5) is 0 Å². The second-order valence-electron chi connectivity index (χ2n) is 7.01. The monoisotopic (exact) mass is 343 g/mol. The highest BCUT2D eigenvalue weighted by molar-refractivity contribution is 5.22. The highest BCUT2D eigenvalue weighted by Gasteiger charge is 2.19. The van der Waals surface area contributed by atoms with Crippen LogP contribution in [0, 0.1) is 6.92 Å². The summed E-state index contributed by atoms with van der Waals surface area (Å²) in [5.74, 6) is 0.723. The summed E-state index contributed by atoms with van der Waals surface area (Å²) >= 11 is 0. The van der Waals surface area contributed by atoms with Gasteiger partial charge in [-0.05, 0) is 24.8 Å². The molecule has 0 bridgehead atoms. The molecule has 0 unspecified atom stereocenters. The highest BCUT2D eigenvalue weighted by Crippen LogP contribution is 2.17. The topological polar surface area (TPSA) is 67.4 Å². The van der Waals surface area contributed by atoms with Crippen LogP contribution in [-0.2, 0) is 25.9 Å². The average Bonchev–Trinajstić information content (AvgIpc) is 3.22. The molecule has 25 heavy (non-hydrogen) atoms. The lowest BCUT2D eigenvalue weighted by Crippen LogP contribution is -2.47. The molecular weight excluding hydrogens is 318 g/mol. The van der Waals surface area contributed by atoms with Crippen LogP contribution in [0.3, 0.4) is 0 Å². The fraction of sp³-hybridized carbons (Fsp3) is 0.611. The van der Waals surface area contributed by atoms with Gasteiger partial charge in [0.2, 0.25) is 0 Å². The van der Waals surface area contributed by atoms with Crippen molar-refractivity contribution >= 4 is 0 Å². The van der Waals surface area contributed by atoms with E-state index in [1.807, 2.05) is 6.92 Å². The minimum atomic E-state index is 0.0423. The molecule has 3 heterocycles. The summed E-state index contributed by atoms with van der Waals surface area (Å²) in [4.78, 5) is 21.3. The molecule has 2 aromatic heterocycles. The third kappa shape index (κ3) is 3.82. The molecule has 1 saturated heterocycles. The molecule has 7 heteroatoms. The molecule has 1 fully saturated rings. The zero-order valence-corrected chi connectivity index (χ0v) is 14.8. The number of aryl methyl sites for hydroxylation is 3. The summed E-state index contributed by atoms with van der Waals surface area (Å²) in [6, 6.07) is 1.78. The van der Waals surface area contributed by atoms with Gasteiger partial charge in [0.1, 0.15) is 6.26 Å². The van der Waals surface area contributed by atoms with Gasteiger partial charge in [-0.3, -0.25) is 14.6 Å². The Hall–Kier alpha value is -1.99. The van der Waals surface area contributed by atoms with E-state index < -0.39 is 0 Å². The first-order chi connectivity index (χ1) is 12.2. The third-order valence-electron chi connectivity index (χ3n) is 5.17. The molecule has 7 nitrogen and oxygen atoms in total. The standard InChI is InChI=1S/C18H25N5O2/c1-14-19-16(13-25-14)12-22-7-5-21(6-8-22)9-10-23-18(24)11-15-3-2-4-17(15)20-23/h11,13H,2-10,12H2,1H3. The van der Waals surface area contributed by atoms with Crippen molar-refractivity contribution in [1.29, 1.82) is 0 Å². The second kappa shape index (κ2) is 7.09. The summed E-state index contributed by atoms with van der Waals surface area (Å²) < 4.78 is 6.92. The van der Waals surface area contributed by atoms with E-state index in [2.05, 4.69) is 19.9 Å². The fourth-order valence-electron chi connectivity index (χ4n) is 3.72. The Morgan fingerprint density at radius 3 is 2.68 bits per heavy atom. The van der Waals surface area contributed by atoms with Crippen LogP contribution in [0.25, 0.3) is 0 Å². The molecule has 0 aromatic carbocycles. The molecule has 0 saturated carbocycles.